The molecule has 0 radical (unpaired) electrons. The smallest absolute Gasteiger partial charge is 0.240 e. The zero-order valence-electron chi connectivity index (χ0n) is 11.5. The first kappa shape index (κ1) is 14.0. The lowest BCUT2D eigenvalue weighted by atomic mass is 9.93. The van der Waals surface area contributed by atoms with Gasteiger partial charge in [0.05, 0.1) is 17.1 Å². The van der Waals surface area contributed by atoms with Crippen molar-refractivity contribution >= 4 is 10.0 Å². The molecule has 0 aromatic heterocycles. The molecule has 0 aliphatic carbocycles. The van der Waals surface area contributed by atoms with Gasteiger partial charge in [0.1, 0.15) is 0 Å². The highest BCUT2D eigenvalue weighted by Crippen LogP contribution is 2.24. The minimum absolute atomic E-state index is 0.0158. The average molecular weight is 296 g/mol. The van der Waals surface area contributed by atoms with Crippen molar-refractivity contribution in [3.05, 3.63) is 29.8 Å². The van der Waals surface area contributed by atoms with Gasteiger partial charge in [0, 0.05) is 19.1 Å². The second-order valence-electron chi connectivity index (χ2n) is 5.56. The zero-order valence-corrected chi connectivity index (χ0v) is 12.3. The summed E-state index contributed by atoms with van der Waals surface area (Å²) in [6.45, 7) is 3.11. The highest BCUT2D eigenvalue weighted by molar-refractivity contribution is 7.89. The standard InChI is InChI=1S/C14H20N2O3S/c1-10-3-2-4-12(7-10)20(17,18)16-8-11-5-6-13-14(19-11)9-15-13/h2-4,7,11,13-16H,5-6,8-9H2,1H3/t11-,13+,14+/m0/s1. The molecule has 1 aromatic rings. The quantitative estimate of drug-likeness (QED) is 0.862. The molecule has 0 bridgehead atoms. The van der Waals surface area contributed by atoms with Crippen LogP contribution in [-0.2, 0) is 14.8 Å². The van der Waals surface area contributed by atoms with Crippen molar-refractivity contribution in [1.29, 1.82) is 0 Å². The minimum Gasteiger partial charge on any atom is -0.371 e. The largest absolute Gasteiger partial charge is 0.371 e. The number of benzene rings is 1. The Hall–Kier alpha value is -0.950. The number of fused-ring (bicyclic) bond motifs is 1. The molecule has 6 heteroatoms. The Balaban J connectivity index is 1.59. The van der Waals surface area contributed by atoms with E-state index in [-0.39, 0.29) is 12.2 Å². The van der Waals surface area contributed by atoms with E-state index in [2.05, 4.69) is 10.0 Å². The highest BCUT2D eigenvalue weighted by atomic mass is 32.2. The van der Waals surface area contributed by atoms with Crippen molar-refractivity contribution in [3.63, 3.8) is 0 Å². The van der Waals surface area contributed by atoms with Crippen LogP contribution in [0.1, 0.15) is 18.4 Å². The fraction of sp³-hybridized carbons (Fsp3) is 0.571. The van der Waals surface area contributed by atoms with E-state index in [4.69, 9.17) is 4.74 Å². The number of nitrogens with one attached hydrogen (secondary N) is 2. The molecule has 3 rings (SSSR count). The summed E-state index contributed by atoms with van der Waals surface area (Å²) in [6.07, 6.45) is 2.20. The molecular formula is C14H20N2O3S. The van der Waals surface area contributed by atoms with E-state index in [1.165, 1.54) is 0 Å². The molecule has 20 heavy (non-hydrogen) atoms. The van der Waals surface area contributed by atoms with Gasteiger partial charge in [-0.05, 0) is 37.5 Å². The first-order valence-electron chi connectivity index (χ1n) is 7.00. The van der Waals surface area contributed by atoms with E-state index in [1.54, 1.807) is 18.2 Å². The van der Waals surface area contributed by atoms with Crippen LogP contribution in [0, 0.1) is 6.92 Å². The predicted molar refractivity (Wildman–Crippen MR) is 76.1 cm³/mol. The number of aryl methyl sites for hydroxylation is 1. The van der Waals surface area contributed by atoms with Crippen molar-refractivity contribution in [2.45, 2.75) is 42.9 Å². The first-order valence-corrected chi connectivity index (χ1v) is 8.48. The van der Waals surface area contributed by atoms with E-state index < -0.39 is 10.0 Å². The third-order valence-corrected chi connectivity index (χ3v) is 5.42. The minimum atomic E-state index is -3.44. The molecule has 2 heterocycles. The number of hydrogen-bond donors (Lipinski definition) is 2. The summed E-state index contributed by atoms with van der Waals surface area (Å²) in [5.74, 6) is 0. The van der Waals surface area contributed by atoms with Crippen LogP contribution in [0.3, 0.4) is 0 Å². The molecule has 2 N–H and O–H groups in total. The molecule has 3 atom stereocenters. The normalized spacial score (nSPS) is 29.6. The molecule has 2 fully saturated rings. The van der Waals surface area contributed by atoms with Gasteiger partial charge < -0.3 is 10.1 Å². The summed E-state index contributed by atoms with van der Waals surface area (Å²) < 4.78 is 32.9. The van der Waals surface area contributed by atoms with Crippen LogP contribution in [0.2, 0.25) is 0 Å². The Morgan fingerprint density at radius 1 is 1.40 bits per heavy atom. The number of rotatable bonds is 4. The molecule has 5 nitrogen and oxygen atoms in total. The lowest BCUT2D eigenvalue weighted by Crippen LogP contribution is -2.62. The monoisotopic (exact) mass is 296 g/mol. The van der Waals surface area contributed by atoms with E-state index in [0.717, 1.165) is 24.9 Å². The van der Waals surface area contributed by atoms with Crippen molar-refractivity contribution in [1.82, 2.24) is 10.0 Å². The van der Waals surface area contributed by atoms with E-state index in [0.29, 0.717) is 17.5 Å². The average Bonchev–Trinajstić information content (AvgIpc) is 2.39. The second-order valence-corrected chi connectivity index (χ2v) is 7.32. The van der Waals surface area contributed by atoms with Gasteiger partial charge in [-0.1, -0.05) is 12.1 Å². The summed E-state index contributed by atoms with van der Waals surface area (Å²) in [6, 6.07) is 7.40. The Morgan fingerprint density at radius 3 is 2.90 bits per heavy atom. The Labute approximate surface area is 119 Å². The van der Waals surface area contributed by atoms with Crippen LogP contribution in [0.15, 0.2) is 29.2 Å². The van der Waals surface area contributed by atoms with Crippen LogP contribution in [0.4, 0.5) is 0 Å². The topological polar surface area (TPSA) is 67.4 Å². The van der Waals surface area contributed by atoms with Crippen molar-refractivity contribution in [3.8, 4) is 0 Å². The molecule has 2 aliphatic heterocycles. The molecule has 2 aliphatic rings. The third-order valence-electron chi connectivity index (χ3n) is 4.00. The van der Waals surface area contributed by atoms with Crippen LogP contribution in [-0.4, -0.2) is 39.8 Å². The highest BCUT2D eigenvalue weighted by Gasteiger charge is 2.37. The maximum absolute atomic E-state index is 12.2. The Morgan fingerprint density at radius 2 is 2.25 bits per heavy atom. The summed E-state index contributed by atoms with van der Waals surface area (Å²) in [7, 11) is -3.44. The third kappa shape index (κ3) is 2.88. The van der Waals surface area contributed by atoms with Gasteiger partial charge in [-0.3, -0.25) is 0 Å². The van der Waals surface area contributed by atoms with Crippen molar-refractivity contribution in [2.24, 2.45) is 0 Å². The first-order chi connectivity index (χ1) is 9.54. The van der Waals surface area contributed by atoms with Gasteiger partial charge in [-0.25, -0.2) is 13.1 Å². The van der Waals surface area contributed by atoms with Gasteiger partial charge in [0.25, 0.3) is 0 Å². The van der Waals surface area contributed by atoms with Gasteiger partial charge in [0.15, 0.2) is 0 Å². The number of hydrogen-bond acceptors (Lipinski definition) is 4. The molecule has 110 valence electrons. The molecule has 1 aromatic carbocycles. The second kappa shape index (κ2) is 5.44. The summed E-state index contributed by atoms with van der Waals surface area (Å²) in [4.78, 5) is 0.316. The summed E-state index contributed by atoms with van der Waals surface area (Å²) >= 11 is 0. The van der Waals surface area contributed by atoms with Crippen molar-refractivity contribution < 1.29 is 13.2 Å². The number of sulfonamides is 1. The molecule has 0 amide bonds. The molecule has 0 unspecified atom stereocenters. The van der Waals surface area contributed by atoms with Gasteiger partial charge in [-0.2, -0.15) is 0 Å². The fourth-order valence-electron chi connectivity index (χ4n) is 2.71. The number of ether oxygens (including phenoxy) is 1. The molecule has 0 saturated carbocycles. The van der Waals surface area contributed by atoms with Crippen LogP contribution >= 0.6 is 0 Å². The van der Waals surface area contributed by atoms with Gasteiger partial charge in [-0.15, -0.1) is 0 Å². The van der Waals surface area contributed by atoms with E-state index in [1.807, 2.05) is 13.0 Å². The van der Waals surface area contributed by atoms with Gasteiger partial charge >= 0.3 is 0 Å². The van der Waals surface area contributed by atoms with Crippen LogP contribution in [0.25, 0.3) is 0 Å². The fourth-order valence-corrected chi connectivity index (χ4v) is 3.88. The molecular weight excluding hydrogens is 276 g/mol. The van der Waals surface area contributed by atoms with Crippen LogP contribution < -0.4 is 10.0 Å². The lowest BCUT2D eigenvalue weighted by Gasteiger charge is -2.44. The zero-order chi connectivity index (χ0) is 14.2. The predicted octanol–water partition coefficient (Wildman–Crippen LogP) is 0.793. The van der Waals surface area contributed by atoms with Crippen molar-refractivity contribution in [2.75, 3.05) is 13.1 Å². The summed E-state index contributed by atoms with van der Waals surface area (Å²) in [5, 5.41) is 3.31. The molecule has 2 saturated heterocycles. The summed E-state index contributed by atoms with van der Waals surface area (Å²) in [5.41, 5.74) is 0.935. The van der Waals surface area contributed by atoms with Crippen LogP contribution in [0.5, 0.6) is 0 Å². The van der Waals surface area contributed by atoms with Gasteiger partial charge in [0.2, 0.25) is 10.0 Å². The lowest BCUT2D eigenvalue weighted by molar-refractivity contribution is -0.0999. The SMILES string of the molecule is Cc1cccc(S(=O)(=O)NC[C@@H]2CC[C@H]3NC[C@H]3O2)c1. The maximum Gasteiger partial charge on any atom is 0.240 e. The van der Waals surface area contributed by atoms with E-state index in [9.17, 15) is 8.42 Å². The molecule has 0 spiro atoms. The maximum atomic E-state index is 12.2. The Bertz CT molecular complexity index is 588. The van der Waals surface area contributed by atoms with E-state index >= 15 is 0 Å². The Kier molecular flexibility index (Phi) is 3.81.